The SMILES string of the molecule is O=c1n(Cc2ccccc2OC(F)F)nnn1-c1ccccc1Cl. The molecule has 1 aromatic heterocycles. The fourth-order valence-electron chi connectivity index (χ4n) is 2.15. The van der Waals surface area contributed by atoms with Crippen LogP contribution in [0, 0.1) is 0 Å². The lowest BCUT2D eigenvalue weighted by Crippen LogP contribution is -2.25. The molecule has 0 N–H and O–H groups in total. The van der Waals surface area contributed by atoms with Crippen LogP contribution in [0.25, 0.3) is 5.69 Å². The van der Waals surface area contributed by atoms with Gasteiger partial charge in [-0.15, -0.1) is 0 Å². The van der Waals surface area contributed by atoms with Gasteiger partial charge in [-0.3, -0.25) is 0 Å². The van der Waals surface area contributed by atoms with Gasteiger partial charge in [0, 0.05) is 5.56 Å². The Morgan fingerprint density at radius 3 is 2.54 bits per heavy atom. The Morgan fingerprint density at radius 1 is 1.08 bits per heavy atom. The first-order valence-corrected chi connectivity index (χ1v) is 7.24. The highest BCUT2D eigenvalue weighted by Gasteiger charge is 2.14. The van der Waals surface area contributed by atoms with Gasteiger partial charge in [0.1, 0.15) is 5.75 Å². The van der Waals surface area contributed by atoms with Crippen molar-refractivity contribution in [3.05, 3.63) is 69.6 Å². The zero-order chi connectivity index (χ0) is 17.1. The molecule has 0 spiro atoms. The third-order valence-corrected chi connectivity index (χ3v) is 3.55. The second kappa shape index (κ2) is 6.79. The summed E-state index contributed by atoms with van der Waals surface area (Å²) in [5.41, 5.74) is 0.216. The molecule has 124 valence electrons. The fourth-order valence-corrected chi connectivity index (χ4v) is 2.37. The number of para-hydroxylation sites is 2. The molecule has 6 nitrogen and oxygen atoms in total. The van der Waals surface area contributed by atoms with Crippen LogP contribution < -0.4 is 10.4 Å². The number of alkyl halides is 2. The van der Waals surface area contributed by atoms with Gasteiger partial charge in [0.25, 0.3) is 0 Å². The average molecular weight is 353 g/mol. The maximum absolute atomic E-state index is 12.5. The van der Waals surface area contributed by atoms with Crippen LogP contribution in [0.2, 0.25) is 5.02 Å². The van der Waals surface area contributed by atoms with E-state index in [0.29, 0.717) is 16.3 Å². The minimum absolute atomic E-state index is 0.0216. The van der Waals surface area contributed by atoms with E-state index < -0.39 is 12.3 Å². The number of benzene rings is 2. The summed E-state index contributed by atoms with van der Waals surface area (Å²) in [5.74, 6) is -0.0216. The van der Waals surface area contributed by atoms with Crippen LogP contribution in [-0.4, -0.2) is 26.4 Å². The number of ether oxygens (including phenoxy) is 1. The first-order valence-electron chi connectivity index (χ1n) is 6.86. The molecule has 0 bridgehead atoms. The summed E-state index contributed by atoms with van der Waals surface area (Å²) in [7, 11) is 0. The molecule has 0 saturated carbocycles. The molecule has 1 heterocycles. The maximum atomic E-state index is 12.5. The molecule has 9 heteroatoms. The van der Waals surface area contributed by atoms with E-state index in [9.17, 15) is 13.6 Å². The van der Waals surface area contributed by atoms with E-state index in [2.05, 4.69) is 15.2 Å². The number of aromatic nitrogens is 4. The highest BCUT2D eigenvalue weighted by Crippen LogP contribution is 2.21. The van der Waals surface area contributed by atoms with Crippen molar-refractivity contribution in [3.8, 4) is 11.4 Å². The van der Waals surface area contributed by atoms with Crippen molar-refractivity contribution >= 4 is 11.6 Å². The molecule has 0 unspecified atom stereocenters. The van der Waals surface area contributed by atoms with E-state index >= 15 is 0 Å². The van der Waals surface area contributed by atoms with Gasteiger partial charge < -0.3 is 4.74 Å². The van der Waals surface area contributed by atoms with Crippen molar-refractivity contribution in [1.82, 2.24) is 19.8 Å². The van der Waals surface area contributed by atoms with Gasteiger partial charge in [0.05, 0.1) is 17.3 Å². The Kier molecular flexibility index (Phi) is 4.57. The second-order valence-electron chi connectivity index (χ2n) is 4.77. The minimum atomic E-state index is -2.96. The van der Waals surface area contributed by atoms with Gasteiger partial charge in [-0.2, -0.15) is 18.1 Å². The van der Waals surface area contributed by atoms with Crippen LogP contribution in [0.15, 0.2) is 53.3 Å². The molecule has 0 radical (unpaired) electrons. The molecular formula is C15H11ClF2N4O2. The van der Waals surface area contributed by atoms with Gasteiger partial charge in [-0.05, 0) is 28.6 Å². The lowest BCUT2D eigenvalue weighted by Gasteiger charge is -2.09. The summed E-state index contributed by atoms with van der Waals surface area (Å²) in [4.78, 5) is 12.4. The largest absolute Gasteiger partial charge is 0.434 e. The Labute approximate surface area is 139 Å². The van der Waals surface area contributed by atoms with Gasteiger partial charge in [-0.1, -0.05) is 41.9 Å². The molecule has 3 aromatic rings. The summed E-state index contributed by atoms with van der Waals surface area (Å²) in [6, 6.07) is 12.8. The zero-order valence-electron chi connectivity index (χ0n) is 12.1. The predicted molar refractivity (Wildman–Crippen MR) is 82.8 cm³/mol. The van der Waals surface area contributed by atoms with E-state index in [1.165, 1.54) is 6.07 Å². The van der Waals surface area contributed by atoms with E-state index in [0.717, 1.165) is 9.36 Å². The molecule has 0 atom stereocenters. The smallest absolute Gasteiger partial charge is 0.387 e. The number of hydrogen-bond donors (Lipinski definition) is 0. The Hall–Kier alpha value is -2.74. The second-order valence-corrected chi connectivity index (χ2v) is 5.18. The van der Waals surface area contributed by atoms with Crippen molar-refractivity contribution in [2.45, 2.75) is 13.2 Å². The minimum Gasteiger partial charge on any atom is -0.434 e. The number of rotatable bonds is 5. The van der Waals surface area contributed by atoms with Crippen LogP contribution >= 0.6 is 11.6 Å². The highest BCUT2D eigenvalue weighted by atomic mass is 35.5. The first-order chi connectivity index (χ1) is 11.6. The molecule has 0 saturated heterocycles. The maximum Gasteiger partial charge on any atom is 0.387 e. The molecule has 2 aromatic carbocycles. The number of nitrogens with zero attached hydrogens (tertiary/aromatic N) is 4. The number of tetrazole rings is 1. The summed E-state index contributed by atoms with van der Waals surface area (Å²) in [5, 5.41) is 7.88. The van der Waals surface area contributed by atoms with Crippen LogP contribution in [0.3, 0.4) is 0 Å². The summed E-state index contributed by atoms with van der Waals surface area (Å²) >= 11 is 6.04. The van der Waals surface area contributed by atoms with Crippen molar-refractivity contribution in [1.29, 1.82) is 0 Å². The molecule has 0 aliphatic carbocycles. The lowest BCUT2D eigenvalue weighted by atomic mass is 10.2. The third kappa shape index (κ3) is 3.28. The Bertz CT molecular complexity index is 910. The quantitative estimate of drug-likeness (QED) is 0.708. The van der Waals surface area contributed by atoms with Crippen molar-refractivity contribution in [2.24, 2.45) is 0 Å². The molecule has 0 amide bonds. The molecule has 0 aliphatic heterocycles. The molecule has 24 heavy (non-hydrogen) atoms. The molecular weight excluding hydrogens is 342 g/mol. The monoisotopic (exact) mass is 352 g/mol. The number of hydrogen-bond acceptors (Lipinski definition) is 4. The molecule has 0 fully saturated rings. The van der Waals surface area contributed by atoms with Crippen molar-refractivity contribution < 1.29 is 13.5 Å². The van der Waals surface area contributed by atoms with Gasteiger partial charge in [-0.25, -0.2) is 4.79 Å². The van der Waals surface area contributed by atoms with Crippen LogP contribution in [0.5, 0.6) is 5.75 Å². The van der Waals surface area contributed by atoms with Gasteiger partial charge in [0.15, 0.2) is 0 Å². The van der Waals surface area contributed by atoms with Gasteiger partial charge in [0.2, 0.25) is 0 Å². The van der Waals surface area contributed by atoms with Crippen molar-refractivity contribution in [3.63, 3.8) is 0 Å². The van der Waals surface area contributed by atoms with E-state index in [-0.39, 0.29) is 12.3 Å². The normalized spacial score (nSPS) is 11.0. The molecule has 0 aliphatic rings. The summed E-state index contributed by atoms with van der Waals surface area (Å²) < 4.78 is 31.4. The van der Waals surface area contributed by atoms with Gasteiger partial charge >= 0.3 is 12.3 Å². The Balaban J connectivity index is 1.94. The standard InChI is InChI=1S/C15H11ClF2N4O2/c16-11-6-2-3-7-12(11)22-15(23)21(19-20-22)9-10-5-1-4-8-13(10)24-14(17)18/h1-8,14H,9H2. The number of halogens is 3. The predicted octanol–water partition coefficient (Wildman–Crippen LogP) is 2.73. The fraction of sp³-hybridized carbons (Fsp3) is 0.133. The van der Waals surface area contributed by atoms with Crippen molar-refractivity contribution in [2.75, 3.05) is 0 Å². The summed E-state index contributed by atoms with van der Waals surface area (Å²) in [6.45, 7) is -3.02. The topological polar surface area (TPSA) is 61.9 Å². The van der Waals surface area contributed by atoms with E-state index in [1.807, 2.05) is 0 Å². The first kappa shape index (κ1) is 16.1. The summed E-state index contributed by atoms with van der Waals surface area (Å²) in [6.07, 6.45) is 0. The highest BCUT2D eigenvalue weighted by molar-refractivity contribution is 6.32. The molecule has 3 rings (SSSR count). The average Bonchev–Trinajstić information content (AvgIpc) is 2.90. The lowest BCUT2D eigenvalue weighted by molar-refractivity contribution is -0.0505. The van der Waals surface area contributed by atoms with E-state index in [4.69, 9.17) is 11.6 Å². The zero-order valence-corrected chi connectivity index (χ0v) is 12.9. The van der Waals surface area contributed by atoms with E-state index in [1.54, 1.807) is 42.5 Å². The third-order valence-electron chi connectivity index (χ3n) is 3.23. The van der Waals surface area contributed by atoms with Crippen LogP contribution in [0.4, 0.5) is 8.78 Å². The van der Waals surface area contributed by atoms with Crippen LogP contribution in [-0.2, 0) is 6.54 Å². The van der Waals surface area contributed by atoms with Crippen LogP contribution in [0.1, 0.15) is 5.56 Å². The Morgan fingerprint density at radius 2 is 1.79 bits per heavy atom.